The Bertz CT molecular complexity index is 640. The van der Waals surface area contributed by atoms with Gasteiger partial charge in [0.15, 0.2) is 11.5 Å². The highest BCUT2D eigenvalue weighted by Crippen LogP contribution is 2.20. The fourth-order valence-corrected chi connectivity index (χ4v) is 1.66. The first kappa shape index (κ1) is 15.1. The monoisotopic (exact) mass is 295 g/mol. The van der Waals surface area contributed by atoms with Gasteiger partial charge in [-0.2, -0.15) is 4.98 Å². The van der Waals surface area contributed by atoms with Crippen molar-refractivity contribution in [2.75, 3.05) is 7.11 Å². The Balaban J connectivity index is 2.27. The lowest BCUT2D eigenvalue weighted by Gasteiger charge is -2.10. The molecule has 2 heterocycles. The van der Waals surface area contributed by atoms with Gasteiger partial charge in [0.2, 0.25) is 5.89 Å². The molecule has 0 spiro atoms. The zero-order valence-electron chi connectivity index (χ0n) is 12.3. The third-order valence-corrected chi connectivity index (χ3v) is 2.72. The third kappa shape index (κ3) is 3.24. The number of hydrogen-bond donors (Lipinski definition) is 1. The van der Waals surface area contributed by atoms with Crippen molar-refractivity contribution in [3.63, 3.8) is 0 Å². The first-order valence-electron chi connectivity index (χ1n) is 6.30. The summed E-state index contributed by atoms with van der Waals surface area (Å²) in [5.41, 5.74) is -0.0432. The highest BCUT2D eigenvalue weighted by molar-refractivity contribution is 5.86. The number of aromatic carboxylic acids is 1. The molecule has 0 aliphatic rings. The van der Waals surface area contributed by atoms with Crippen molar-refractivity contribution in [1.82, 2.24) is 25.1 Å². The fourth-order valence-electron chi connectivity index (χ4n) is 1.66. The fraction of sp³-hybridized carbons (Fsp3) is 0.583. The molecular formula is C12H17N5O4. The summed E-state index contributed by atoms with van der Waals surface area (Å²) in [6.45, 7) is 6.12. The summed E-state index contributed by atoms with van der Waals surface area (Å²) in [7, 11) is 1.47. The summed E-state index contributed by atoms with van der Waals surface area (Å²) < 4.78 is 11.6. The number of hydrogen-bond acceptors (Lipinski definition) is 7. The van der Waals surface area contributed by atoms with Crippen LogP contribution in [0.4, 0.5) is 0 Å². The summed E-state index contributed by atoms with van der Waals surface area (Å²) >= 11 is 0. The lowest BCUT2D eigenvalue weighted by Crippen LogP contribution is -2.13. The van der Waals surface area contributed by atoms with Crippen molar-refractivity contribution in [2.45, 2.75) is 39.3 Å². The van der Waals surface area contributed by atoms with E-state index in [0.29, 0.717) is 17.4 Å². The number of carboxylic acid groups (broad SMARTS) is 1. The first-order valence-corrected chi connectivity index (χ1v) is 6.30. The largest absolute Gasteiger partial charge is 0.476 e. The molecule has 0 saturated carbocycles. The molecule has 2 rings (SSSR count). The second-order valence-electron chi connectivity index (χ2n) is 5.55. The van der Waals surface area contributed by atoms with E-state index in [1.54, 1.807) is 0 Å². The van der Waals surface area contributed by atoms with E-state index in [4.69, 9.17) is 14.4 Å². The Morgan fingerprint density at radius 2 is 2.14 bits per heavy atom. The third-order valence-electron chi connectivity index (χ3n) is 2.72. The molecule has 2 aromatic rings. The van der Waals surface area contributed by atoms with E-state index in [1.165, 1.54) is 11.8 Å². The zero-order chi connectivity index (χ0) is 15.6. The van der Waals surface area contributed by atoms with Crippen molar-refractivity contribution in [3.05, 3.63) is 23.1 Å². The Kier molecular flexibility index (Phi) is 4.03. The van der Waals surface area contributed by atoms with Crippen LogP contribution < -0.4 is 0 Å². The summed E-state index contributed by atoms with van der Waals surface area (Å²) in [5.74, 6) is -0.250. The highest BCUT2D eigenvalue weighted by atomic mass is 16.5. The molecule has 9 heteroatoms. The molecule has 114 valence electrons. The molecule has 1 N–H and O–H groups in total. The molecule has 2 aromatic heterocycles. The van der Waals surface area contributed by atoms with Gasteiger partial charge in [0, 0.05) is 12.5 Å². The minimum absolute atomic E-state index is 0.0820. The van der Waals surface area contributed by atoms with Gasteiger partial charge in [-0.25, -0.2) is 9.48 Å². The summed E-state index contributed by atoms with van der Waals surface area (Å²) in [5, 5.41) is 20.4. The maximum absolute atomic E-state index is 11.1. The average Bonchev–Trinajstić information content (AvgIpc) is 2.98. The molecule has 0 atom stereocenters. The van der Waals surface area contributed by atoms with Gasteiger partial charge in [-0.3, -0.25) is 0 Å². The van der Waals surface area contributed by atoms with Crippen molar-refractivity contribution in [3.8, 4) is 0 Å². The molecule has 0 unspecified atom stereocenters. The maximum atomic E-state index is 11.1. The van der Waals surface area contributed by atoms with Gasteiger partial charge in [-0.15, -0.1) is 5.10 Å². The topological polar surface area (TPSA) is 116 Å². The van der Waals surface area contributed by atoms with Gasteiger partial charge >= 0.3 is 5.97 Å². The molecule has 0 aliphatic carbocycles. The molecule has 0 radical (unpaired) electrons. The van der Waals surface area contributed by atoms with E-state index in [-0.39, 0.29) is 24.3 Å². The van der Waals surface area contributed by atoms with Gasteiger partial charge in [-0.05, 0) is 0 Å². The minimum atomic E-state index is -1.16. The molecule has 0 bridgehead atoms. The van der Waals surface area contributed by atoms with Gasteiger partial charge in [-0.1, -0.05) is 31.1 Å². The van der Waals surface area contributed by atoms with Crippen LogP contribution in [0.1, 0.15) is 48.7 Å². The maximum Gasteiger partial charge on any atom is 0.358 e. The van der Waals surface area contributed by atoms with Crippen molar-refractivity contribution in [1.29, 1.82) is 0 Å². The van der Waals surface area contributed by atoms with E-state index < -0.39 is 5.97 Å². The minimum Gasteiger partial charge on any atom is -0.476 e. The molecule has 0 amide bonds. The summed E-state index contributed by atoms with van der Waals surface area (Å²) in [6, 6.07) is 0. The molecule has 0 aromatic carbocycles. The van der Waals surface area contributed by atoms with Crippen LogP contribution in [0.2, 0.25) is 0 Å². The smallest absolute Gasteiger partial charge is 0.358 e. The number of nitrogens with zero attached hydrogens (tertiary/aromatic N) is 5. The number of carboxylic acids is 1. The van der Waals surface area contributed by atoms with E-state index >= 15 is 0 Å². The van der Waals surface area contributed by atoms with Crippen LogP contribution >= 0.6 is 0 Å². The number of methoxy groups -OCH3 is 1. The van der Waals surface area contributed by atoms with E-state index in [1.807, 2.05) is 20.8 Å². The van der Waals surface area contributed by atoms with Crippen LogP contribution in [0.3, 0.4) is 0 Å². The van der Waals surface area contributed by atoms with E-state index in [0.717, 1.165) is 0 Å². The van der Waals surface area contributed by atoms with Gasteiger partial charge < -0.3 is 14.4 Å². The van der Waals surface area contributed by atoms with Crippen LogP contribution in [0.25, 0.3) is 0 Å². The standard InChI is InChI=1S/C12H17N5O4/c1-12(2,3)11-13-8(15-21-11)5-17-7(6-20-4)9(10(18)19)14-16-17/h5-6H2,1-4H3,(H,18,19). The molecule has 9 nitrogen and oxygen atoms in total. The molecular weight excluding hydrogens is 278 g/mol. The molecule has 0 fully saturated rings. The van der Waals surface area contributed by atoms with Gasteiger partial charge in [0.05, 0.1) is 12.3 Å². The normalized spacial score (nSPS) is 11.8. The predicted molar refractivity (Wildman–Crippen MR) is 69.8 cm³/mol. The molecule has 0 saturated heterocycles. The second-order valence-corrected chi connectivity index (χ2v) is 5.55. The Morgan fingerprint density at radius 3 is 2.67 bits per heavy atom. The quantitative estimate of drug-likeness (QED) is 0.863. The number of aromatic nitrogens is 5. The van der Waals surface area contributed by atoms with Crippen LogP contribution in [0.15, 0.2) is 4.52 Å². The lowest BCUT2D eigenvalue weighted by molar-refractivity contribution is 0.0684. The summed E-state index contributed by atoms with van der Waals surface area (Å²) in [4.78, 5) is 15.4. The van der Waals surface area contributed by atoms with E-state index in [9.17, 15) is 4.79 Å². The number of carbonyl (C=O) groups is 1. The van der Waals surface area contributed by atoms with Crippen molar-refractivity contribution in [2.24, 2.45) is 0 Å². The first-order chi connectivity index (χ1) is 9.82. The van der Waals surface area contributed by atoms with Gasteiger partial charge in [0.25, 0.3) is 0 Å². The average molecular weight is 295 g/mol. The lowest BCUT2D eigenvalue weighted by atomic mass is 9.97. The van der Waals surface area contributed by atoms with Crippen LogP contribution in [0, 0.1) is 0 Å². The van der Waals surface area contributed by atoms with Crippen LogP contribution in [-0.2, 0) is 23.3 Å². The highest BCUT2D eigenvalue weighted by Gasteiger charge is 2.23. The van der Waals surface area contributed by atoms with E-state index in [2.05, 4.69) is 20.5 Å². The molecule has 0 aliphatic heterocycles. The number of rotatable bonds is 5. The number of ether oxygens (including phenoxy) is 1. The Labute approximate surface area is 120 Å². The SMILES string of the molecule is COCc1c(C(=O)O)nnn1Cc1noc(C(C)(C)C)n1. The van der Waals surface area contributed by atoms with Crippen molar-refractivity contribution < 1.29 is 19.2 Å². The zero-order valence-corrected chi connectivity index (χ0v) is 12.3. The Morgan fingerprint density at radius 1 is 1.43 bits per heavy atom. The molecule has 21 heavy (non-hydrogen) atoms. The van der Waals surface area contributed by atoms with Crippen LogP contribution in [0.5, 0.6) is 0 Å². The van der Waals surface area contributed by atoms with Gasteiger partial charge in [0.1, 0.15) is 6.54 Å². The second kappa shape index (κ2) is 5.60. The van der Waals surface area contributed by atoms with Crippen molar-refractivity contribution >= 4 is 5.97 Å². The summed E-state index contributed by atoms with van der Waals surface area (Å²) in [6.07, 6.45) is 0. The Hall–Kier alpha value is -2.29. The predicted octanol–water partition coefficient (Wildman–Crippen LogP) is 0.851. The van der Waals surface area contributed by atoms with Crippen LogP contribution in [-0.4, -0.2) is 43.3 Å².